The number of anilines is 1. The van der Waals surface area contributed by atoms with Crippen molar-refractivity contribution in [1.29, 1.82) is 0 Å². The highest BCUT2D eigenvalue weighted by atomic mass is 16.5. The van der Waals surface area contributed by atoms with Gasteiger partial charge in [0.1, 0.15) is 5.75 Å². The molecule has 3 rings (SSSR count). The fraction of sp³-hybridized carbons (Fsp3) is 0.385. The summed E-state index contributed by atoms with van der Waals surface area (Å²) >= 11 is 0. The van der Waals surface area contributed by atoms with Crippen LogP contribution >= 0.6 is 0 Å². The average Bonchev–Trinajstić information content (AvgIpc) is 2.34. The van der Waals surface area contributed by atoms with Gasteiger partial charge >= 0.3 is 6.09 Å². The summed E-state index contributed by atoms with van der Waals surface area (Å²) in [7, 11) is 0. The Morgan fingerprint density at radius 3 is 2.84 bits per heavy atom. The van der Waals surface area contributed by atoms with E-state index in [1.807, 2.05) is 24.3 Å². The number of hydrogen-bond donors (Lipinski definition) is 2. The van der Waals surface area contributed by atoms with Crippen molar-refractivity contribution in [2.75, 3.05) is 11.5 Å². The number of benzene rings is 1. The summed E-state index contributed by atoms with van der Waals surface area (Å²) in [6.07, 6.45) is 0.274. The van der Waals surface area contributed by atoms with E-state index in [1.165, 1.54) is 0 Å². The van der Waals surface area contributed by atoms with Gasteiger partial charge in [-0.25, -0.2) is 4.79 Å². The van der Waals surface area contributed by atoms with Gasteiger partial charge in [-0.05, 0) is 25.0 Å². The molecular weight excluding hydrogens is 248 g/mol. The van der Waals surface area contributed by atoms with E-state index in [0.29, 0.717) is 18.6 Å². The topological polar surface area (TPSA) is 78.9 Å². The lowest BCUT2D eigenvalue weighted by Crippen LogP contribution is -2.57. The van der Waals surface area contributed by atoms with Crippen LogP contribution in [0.2, 0.25) is 0 Å². The number of hydrogen-bond acceptors (Lipinski definition) is 3. The van der Waals surface area contributed by atoms with E-state index < -0.39 is 6.09 Å². The predicted molar refractivity (Wildman–Crippen MR) is 67.4 cm³/mol. The maximum absolute atomic E-state index is 12.0. The Bertz CT molecular complexity index is 525. The van der Waals surface area contributed by atoms with Gasteiger partial charge in [-0.15, -0.1) is 0 Å². The fourth-order valence-corrected chi connectivity index (χ4v) is 2.61. The number of fused-ring (bicyclic) bond motifs is 1. The van der Waals surface area contributed by atoms with Gasteiger partial charge < -0.3 is 20.1 Å². The maximum Gasteiger partial charge on any atom is 0.404 e. The lowest BCUT2D eigenvalue weighted by atomic mass is 9.85. The summed E-state index contributed by atoms with van der Waals surface area (Å²) < 4.78 is 5.38. The van der Waals surface area contributed by atoms with Crippen molar-refractivity contribution >= 4 is 17.7 Å². The van der Waals surface area contributed by atoms with E-state index in [4.69, 9.17) is 9.84 Å². The van der Waals surface area contributed by atoms with E-state index in [0.717, 1.165) is 5.69 Å². The van der Waals surface area contributed by atoms with Crippen LogP contribution in [0.3, 0.4) is 0 Å². The lowest BCUT2D eigenvalue weighted by molar-refractivity contribution is -0.122. The molecule has 0 bridgehead atoms. The molecule has 19 heavy (non-hydrogen) atoms. The van der Waals surface area contributed by atoms with Crippen LogP contribution in [0.15, 0.2) is 24.3 Å². The molecule has 0 unspecified atom stereocenters. The highest BCUT2D eigenvalue weighted by Crippen LogP contribution is 2.37. The minimum atomic E-state index is -1.02. The lowest BCUT2D eigenvalue weighted by Gasteiger charge is -2.44. The minimum absolute atomic E-state index is 0.0462. The van der Waals surface area contributed by atoms with Gasteiger partial charge in [-0.1, -0.05) is 12.1 Å². The van der Waals surface area contributed by atoms with E-state index in [1.54, 1.807) is 4.90 Å². The van der Waals surface area contributed by atoms with Crippen LogP contribution in [0.4, 0.5) is 10.5 Å². The minimum Gasteiger partial charge on any atom is -0.482 e. The second kappa shape index (κ2) is 4.46. The molecule has 100 valence electrons. The van der Waals surface area contributed by atoms with E-state index in [2.05, 4.69) is 5.32 Å². The molecule has 1 aliphatic carbocycles. The molecule has 0 radical (unpaired) electrons. The Morgan fingerprint density at radius 2 is 2.11 bits per heavy atom. The van der Waals surface area contributed by atoms with Gasteiger partial charge in [0.15, 0.2) is 6.61 Å². The standard InChI is InChI=1S/C13H14N2O4/c16-12-7-19-11-4-2-1-3-10(11)15(12)9-5-8(6-9)14-13(17)18/h1-4,8-9,14H,5-7H2,(H,17,18). The van der Waals surface area contributed by atoms with Crippen LogP contribution in [0.5, 0.6) is 5.75 Å². The van der Waals surface area contributed by atoms with Crippen molar-refractivity contribution in [3.05, 3.63) is 24.3 Å². The number of rotatable bonds is 2. The second-order valence-corrected chi connectivity index (χ2v) is 4.79. The molecule has 0 spiro atoms. The summed E-state index contributed by atoms with van der Waals surface area (Å²) in [6, 6.07) is 7.40. The van der Waals surface area contributed by atoms with Gasteiger partial charge in [0.25, 0.3) is 5.91 Å². The summed E-state index contributed by atoms with van der Waals surface area (Å²) in [5.74, 6) is 0.634. The number of carboxylic acid groups (broad SMARTS) is 1. The van der Waals surface area contributed by atoms with E-state index >= 15 is 0 Å². The fourth-order valence-electron chi connectivity index (χ4n) is 2.61. The zero-order valence-corrected chi connectivity index (χ0v) is 10.2. The van der Waals surface area contributed by atoms with Crippen molar-refractivity contribution < 1.29 is 19.4 Å². The molecular formula is C13H14N2O4. The molecule has 6 nitrogen and oxygen atoms in total. The SMILES string of the molecule is O=C(O)NC1CC(N2C(=O)COc3ccccc32)C1. The normalized spacial score (nSPS) is 25.1. The van der Waals surface area contributed by atoms with Crippen molar-refractivity contribution in [2.24, 2.45) is 0 Å². The third-order valence-electron chi connectivity index (χ3n) is 3.55. The van der Waals surface area contributed by atoms with Crippen LogP contribution < -0.4 is 15.0 Å². The molecule has 0 aromatic heterocycles. The molecule has 1 fully saturated rings. The smallest absolute Gasteiger partial charge is 0.404 e. The molecule has 1 saturated carbocycles. The predicted octanol–water partition coefficient (Wildman–Crippen LogP) is 1.21. The molecule has 1 heterocycles. The van der Waals surface area contributed by atoms with Crippen LogP contribution in [-0.4, -0.2) is 35.8 Å². The van der Waals surface area contributed by atoms with Crippen molar-refractivity contribution in [2.45, 2.75) is 24.9 Å². The summed E-state index contributed by atoms with van der Waals surface area (Å²) in [4.78, 5) is 24.3. The molecule has 1 aromatic carbocycles. The molecule has 6 heteroatoms. The van der Waals surface area contributed by atoms with Crippen LogP contribution in [0, 0.1) is 0 Å². The first kappa shape index (κ1) is 11.8. The second-order valence-electron chi connectivity index (χ2n) is 4.79. The van der Waals surface area contributed by atoms with Gasteiger partial charge in [-0.2, -0.15) is 0 Å². The molecule has 0 saturated heterocycles. The Labute approximate surface area is 110 Å². The maximum atomic E-state index is 12.0. The van der Waals surface area contributed by atoms with Crippen molar-refractivity contribution in [3.63, 3.8) is 0 Å². The van der Waals surface area contributed by atoms with Crippen LogP contribution in [-0.2, 0) is 4.79 Å². The van der Waals surface area contributed by atoms with E-state index in [-0.39, 0.29) is 24.6 Å². The molecule has 1 aliphatic heterocycles. The van der Waals surface area contributed by atoms with Crippen LogP contribution in [0.25, 0.3) is 0 Å². The number of nitrogens with zero attached hydrogens (tertiary/aromatic N) is 1. The first-order valence-corrected chi connectivity index (χ1v) is 6.18. The number of carbonyl (C=O) groups excluding carboxylic acids is 1. The quantitative estimate of drug-likeness (QED) is 0.839. The third-order valence-corrected chi connectivity index (χ3v) is 3.55. The van der Waals surface area contributed by atoms with Crippen LogP contribution in [0.1, 0.15) is 12.8 Å². The van der Waals surface area contributed by atoms with Gasteiger partial charge in [0.2, 0.25) is 0 Å². The highest BCUT2D eigenvalue weighted by Gasteiger charge is 2.40. The number of amides is 2. The Morgan fingerprint density at radius 1 is 1.37 bits per heavy atom. The van der Waals surface area contributed by atoms with Crippen molar-refractivity contribution in [1.82, 2.24) is 5.32 Å². The Kier molecular flexibility index (Phi) is 2.77. The Balaban J connectivity index is 1.75. The Hall–Kier alpha value is -2.24. The monoisotopic (exact) mass is 262 g/mol. The first-order valence-electron chi connectivity index (χ1n) is 6.18. The zero-order chi connectivity index (χ0) is 13.4. The number of ether oxygens (including phenoxy) is 1. The zero-order valence-electron chi connectivity index (χ0n) is 10.2. The molecule has 2 amide bonds. The molecule has 0 atom stereocenters. The number of carbonyl (C=O) groups is 2. The summed E-state index contributed by atoms with van der Waals surface area (Å²) in [5, 5.41) is 11.1. The molecule has 1 aromatic rings. The average molecular weight is 262 g/mol. The number of para-hydroxylation sites is 2. The number of nitrogens with one attached hydrogen (secondary N) is 1. The van der Waals surface area contributed by atoms with Gasteiger partial charge in [-0.3, -0.25) is 4.79 Å². The van der Waals surface area contributed by atoms with Crippen molar-refractivity contribution in [3.8, 4) is 5.75 Å². The first-order chi connectivity index (χ1) is 9.15. The largest absolute Gasteiger partial charge is 0.482 e. The van der Waals surface area contributed by atoms with Gasteiger partial charge in [0, 0.05) is 12.1 Å². The summed E-state index contributed by atoms with van der Waals surface area (Å²) in [6.45, 7) is 0.0462. The highest BCUT2D eigenvalue weighted by molar-refractivity contribution is 5.98. The van der Waals surface area contributed by atoms with Gasteiger partial charge in [0.05, 0.1) is 5.69 Å². The summed E-state index contributed by atoms with van der Waals surface area (Å²) in [5.41, 5.74) is 0.775. The molecule has 2 N–H and O–H groups in total. The third kappa shape index (κ3) is 2.09. The molecule has 2 aliphatic rings. The van der Waals surface area contributed by atoms with E-state index in [9.17, 15) is 9.59 Å².